The number of piperidine rings is 1. The van der Waals surface area contributed by atoms with Gasteiger partial charge in [-0.1, -0.05) is 68.4 Å². The number of nitrogens with zero attached hydrogens (tertiary/aromatic N) is 1. The van der Waals surface area contributed by atoms with Gasteiger partial charge < -0.3 is 10.4 Å². The van der Waals surface area contributed by atoms with Crippen molar-refractivity contribution in [2.24, 2.45) is 5.92 Å². The second kappa shape index (κ2) is 8.89. The molecule has 0 aliphatic carbocycles. The van der Waals surface area contributed by atoms with Crippen LogP contribution in [0.5, 0.6) is 0 Å². The minimum atomic E-state index is -1.51. The maximum absolute atomic E-state index is 13.1. The Morgan fingerprint density at radius 1 is 1.11 bits per heavy atom. The molecule has 3 rings (SSSR count). The van der Waals surface area contributed by atoms with E-state index in [9.17, 15) is 9.90 Å². The molecule has 0 spiro atoms. The largest absolute Gasteiger partial charge is 0.375 e. The second-order valence-corrected chi connectivity index (χ2v) is 8.25. The first-order valence-corrected chi connectivity index (χ1v) is 10.3. The Labute approximate surface area is 168 Å². The predicted octanol–water partition coefficient (Wildman–Crippen LogP) is 3.62. The van der Waals surface area contributed by atoms with Gasteiger partial charge in [-0.15, -0.1) is 0 Å². The van der Waals surface area contributed by atoms with E-state index in [0.717, 1.165) is 38.0 Å². The Morgan fingerprint density at radius 3 is 2.32 bits per heavy atom. The summed E-state index contributed by atoms with van der Waals surface area (Å²) in [6.45, 7) is 8.58. The third-order valence-electron chi connectivity index (χ3n) is 5.91. The number of aliphatic hydroxyl groups is 1. The topological polar surface area (TPSA) is 52.6 Å². The molecule has 1 aliphatic rings. The number of rotatable bonds is 6. The maximum Gasteiger partial charge on any atom is 0.257 e. The molecule has 0 aromatic heterocycles. The van der Waals surface area contributed by atoms with Crippen LogP contribution in [-0.2, 0) is 16.9 Å². The summed E-state index contributed by atoms with van der Waals surface area (Å²) >= 11 is 0. The van der Waals surface area contributed by atoms with Gasteiger partial charge in [-0.2, -0.15) is 0 Å². The van der Waals surface area contributed by atoms with Crippen LogP contribution in [0, 0.1) is 12.8 Å². The number of nitrogens with one attached hydrogen (secondary N) is 1. The van der Waals surface area contributed by atoms with Crippen molar-refractivity contribution >= 4 is 5.91 Å². The summed E-state index contributed by atoms with van der Waals surface area (Å²) in [6, 6.07) is 18.2. The zero-order chi connectivity index (χ0) is 20.1. The number of carbonyl (C=O) groups is 1. The van der Waals surface area contributed by atoms with Gasteiger partial charge in [-0.25, -0.2) is 0 Å². The van der Waals surface area contributed by atoms with Crippen molar-refractivity contribution in [1.82, 2.24) is 10.2 Å². The lowest BCUT2D eigenvalue weighted by Gasteiger charge is -2.37. The number of likely N-dealkylation sites (tertiary alicyclic amines) is 1. The molecule has 1 aliphatic heterocycles. The highest BCUT2D eigenvalue weighted by atomic mass is 16.3. The lowest BCUT2D eigenvalue weighted by atomic mass is 9.80. The quantitative estimate of drug-likeness (QED) is 0.805. The van der Waals surface area contributed by atoms with Crippen LogP contribution in [0.3, 0.4) is 0 Å². The molecule has 0 saturated carbocycles. The van der Waals surface area contributed by atoms with E-state index in [0.29, 0.717) is 5.56 Å². The average molecular weight is 381 g/mol. The number of hydrogen-bond donors (Lipinski definition) is 2. The van der Waals surface area contributed by atoms with E-state index in [4.69, 9.17) is 0 Å². The fourth-order valence-electron chi connectivity index (χ4n) is 4.07. The van der Waals surface area contributed by atoms with Crippen molar-refractivity contribution in [3.8, 4) is 0 Å². The molecular weight excluding hydrogens is 348 g/mol. The van der Waals surface area contributed by atoms with Crippen molar-refractivity contribution in [3.63, 3.8) is 0 Å². The number of hydrogen-bond acceptors (Lipinski definition) is 3. The van der Waals surface area contributed by atoms with Crippen molar-refractivity contribution in [2.75, 3.05) is 13.1 Å². The molecule has 1 atom stereocenters. The van der Waals surface area contributed by atoms with Crippen LogP contribution in [0.4, 0.5) is 0 Å². The summed E-state index contributed by atoms with van der Waals surface area (Å²) in [5.41, 5.74) is 1.45. The van der Waals surface area contributed by atoms with Gasteiger partial charge in [0.25, 0.3) is 5.91 Å². The molecule has 0 bridgehead atoms. The smallest absolute Gasteiger partial charge is 0.257 e. The highest BCUT2D eigenvalue weighted by Crippen LogP contribution is 2.32. The molecule has 2 aromatic carbocycles. The van der Waals surface area contributed by atoms with E-state index < -0.39 is 5.60 Å². The lowest BCUT2D eigenvalue weighted by molar-refractivity contribution is -0.147. The van der Waals surface area contributed by atoms with Crippen LogP contribution in [0.1, 0.15) is 43.4 Å². The monoisotopic (exact) mass is 380 g/mol. The Morgan fingerprint density at radius 2 is 1.71 bits per heavy atom. The van der Waals surface area contributed by atoms with Crippen molar-refractivity contribution in [1.29, 1.82) is 0 Å². The minimum Gasteiger partial charge on any atom is -0.375 e. The van der Waals surface area contributed by atoms with Gasteiger partial charge in [0, 0.05) is 25.7 Å². The maximum atomic E-state index is 13.1. The van der Waals surface area contributed by atoms with Crippen molar-refractivity contribution in [3.05, 3.63) is 71.3 Å². The van der Waals surface area contributed by atoms with E-state index in [1.54, 1.807) is 0 Å². The van der Waals surface area contributed by atoms with Crippen molar-refractivity contribution in [2.45, 2.75) is 51.8 Å². The highest BCUT2D eigenvalue weighted by Gasteiger charge is 2.43. The number of benzene rings is 2. The minimum absolute atomic E-state index is 0.105. The lowest BCUT2D eigenvalue weighted by Crippen LogP contribution is -2.53. The summed E-state index contributed by atoms with van der Waals surface area (Å²) in [4.78, 5) is 15.5. The molecule has 0 radical (unpaired) electrons. The molecular formula is C24H32N2O2. The molecule has 2 aromatic rings. The Hall–Kier alpha value is -2.17. The van der Waals surface area contributed by atoms with Gasteiger partial charge >= 0.3 is 0 Å². The summed E-state index contributed by atoms with van der Waals surface area (Å²) in [6.07, 6.45) is 1.81. The van der Waals surface area contributed by atoms with Gasteiger partial charge in [0.2, 0.25) is 0 Å². The van der Waals surface area contributed by atoms with Gasteiger partial charge in [0.15, 0.2) is 5.60 Å². The summed E-state index contributed by atoms with van der Waals surface area (Å²) < 4.78 is 0. The van der Waals surface area contributed by atoms with E-state index in [2.05, 4.69) is 34.5 Å². The standard InChI is InChI=1S/C24H32N2O2/c1-18(2)24(28,22-12-8-7-9-19(22)3)23(27)25-21-13-15-26(16-14-21)17-20-10-5-4-6-11-20/h4-12,18,21,28H,13-17H2,1-3H3,(H,25,27). The Bertz CT molecular complexity index is 782. The molecule has 2 N–H and O–H groups in total. The van der Waals surface area contributed by atoms with Crippen molar-refractivity contribution < 1.29 is 9.90 Å². The number of carbonyl (C=O) groups excluding carboxylic acids is 1. The van der Waals surface area contributed by atoms with Crippen LogP contribution in [-0.4, -0.2) is 35.0 Å². The molecule has 1 heterocycles. The predicted molar refractivity (Wildman–Crippen MR) is 113 cm³/mol. The first-order chi connectivity index (χ1) is 13.4. The molecule has 4 nitrogen and oxygen atoms in total. The Kier molecular flexibility index (Phi) is 6.53. The molecule has 1 amide bonds. The molecule has 1 unspecified atom stereocenters. The third kappa shape index (κ3) is 4.45. The van der Waals surface area contributed by atoms with Gasteiger partial charge in [0.1, 0.15) is 0 Å². The van der Waals surface area contributed by atoms with Crippen LogP contribution in [0.15, 0.2) is 54.6 Å². The summed E-state index contributed by atoms with van der Waals surface area (Å²) in [5.74, 6) is -0.495. The van der Waals surface area contributed by atoms with Crippen LogP contribution in [0.25, 0.3) is 0 Å². The zero-order valence-electron chi connectivity index (χ0n) is 17.2. The summed E-state index contributed by atoms with van der Waals surface area (Å²) in [5, 5.41) is 14.5. The molecule has 28 heavy (non-hydrogen) atoms. The van der Waals surface area contributed by atoms with Crippen LogP contribution < -0.4 is 5.32 Å². The molecule has 150 valence electrons. The summed E-state index contributed by atoms with van der Waals surface area (Å²) in [7, 11) is 0. The van der Waals surface area contributed by atoms with E-state index in [-0.39, 0.29) is 17.9 Å². The number of aryl methyl sites for hydroxylation is 1. The molecule has 4 heteroatoms. The molecule has 1 fully saturated rings. The normalized spacial score (nSPS) is 18.0. The molecule has 1 saturated heterocycles. The third-order valence-corrected chi connectivity index (χ3v) is 5.91. The van der Waals surface area contributed by atoms with E-state index in [1.807, 2.05) is 51.1 Å². The van der Waals surface area contributed by atoms with E-state index in [1.165, 1.54) is 5.56 Å². The average Bonchev–Trinajstić information content (AvgIpc) is 2.70. The van der Waals surface area contributed by atoms with E-state index >= 15 is 0 Å². The zero-order valence-corrected chi connectivity index (χ0v) is 17.2. The second-order valence-electron chi connectivity index (χ2n) is 8.25. The van der Waals surface area contributed by atoms with Gasteiger partial charge in [0.05, 0.1) is 0 Å². The first kappa shape index (κ1) is 20.6. The van der Waals surface area contributed by atoms with Gasteiger partial charge in [-0.05, 0) is 42.4 Å². The van der Waals surface area contributed by atoms with Gasteiger partial charge in [-0.3, -0.25) is 9.69 Å². The SMILES string of the molecule is Cc1ccccc1C(O)(C(=O)NC1CCN(Cc2ccccc2)CC1)C(C)C. The highest BCUT2D eigenvalue weighted by molar-refractivity contribution is 5.87. The Balaban J connectivity index is 1.62. The first-order valence-electron chi connectivity index (χ1n) is 10.3. The van der Waals surface area contributed by atoms with Crippen LogP contribution >= 0.6 is 0 Å². The fraction of sp³-hybridized carbons (Fsp3) is 0.458. The fourth-order valence-corrected chi connectivity index (χ4v) is 4.07. The van der Waals surface area contributed by atoms with Crippen LogP contribution in [0.2, 0.25) is 0 Å². The number of amides is 1.